The molecule has 1 aromatic carbocycles. The average molecular weight is 321 g/mol. The lowest BCUT2D eigenvalue weighted by Crippen LogP contribution is -2.23. The second-order valence-electron chi connectivity index (χ2n) is 4.50. The summed E-state index contributed by atoms with van der Waals surface area (Å²) in [5, 5.41) is 3.45. The Balaban J connectivity index is 1.95. The van der Waals surface area contributed by atoms with Gasteiger partial charge in [0, 0.05) is 36.5 Å². The number of ether oxygens (including phenoxy) is 2. The van der Waals surface area contributed by atoms with E-state index in [9.17, 15) is 4.79 Å². The first-order chi connectivity index (χ1) is 10.7. The van der Waals surface area contributed by atoms with Gasteiger partial charge in [0.2, 0.25) is 5.88 Å². The highest BCUT2D eigenvalue weighted by molar-refractivity contribution is 6.31. The molecule has 0 radical (unpaired) electrons. The molecule has 22 heavy (non-hydrogen) atoms. The van der Waals surface area contributed by atoms with Gasteiger partial charge >= 0.3 is 0 Å². The lowest BCUT2D eigenvalue weighted by Gasteiger charge is -2.08. The molecule has 0 saturated carbocycles. The van der Waals surface area contributed by atoms with Crippen LogP contribution in [0.4, 0.5) is 0 Å². The normalized spacial score (nSPS) is 10.3. The smallest absolute Gasteiger partial charge is 0.251 e. The molecule has 0 spiro atoms. The molecule has 0 fully saturated rings. The number of amides is 1. The first-order valence-electron chi connectivity index (χ1n) is 6.80. The number of carbonyl (C=O) groups is 1. The second kappa shape index (κ2) is 8.36. The lowest BCUT2D eigenvalue weighted by molar-refractivity contribution is 0.0950. The Bertz CT molecular complexity index is 634. The van der Waals surface area contributed by atoms with E-state index in [0.29, 0.717) is 36.2 Å². The minimum atomic E-state index is -0.209. The van der Waals surface area contributed by atoms with Crippen LogP contribution in [-0.4, -0.2) is 31.2 Å². The molecule has 1 heterocycles. The number of methoxy groups -OCH3 is 1. The first-order valence-corrected chi connectivity index (χ1v) is 7.18. The number of nitrogens with zero attached hydrogens (tertiary/aromatic N) is 1. The first kappa shape index (κ1) is 16.3. The standard InChI is InChI=1S/C16H17ClN2O3/c1-21-8-9-22-15-10-12(6-7-18-15)16(20)19-11-13-4-2-3-5-14(13)17/h2-7,10H,8-9,11H2,1H3,(H,19,20). The zero-order chi connectivity index (χ0) is 15.8. The highest BCUT2D eigenvalue weighted by Crippen LogP contribution is 2.15. The van der Waals surface area contributed by atoms with Gasteiger partial charge in [0.1, 0.15) is 6.61 Å². The summed E-state index contributed by atoms with van der Waals surface area (Å²) in [6, 6.07) is 10.6. The van der Waals surface area contributed by atoms with Crippen LogP contribution < -0.4 is 10.1 Å². The quantitative estimate of drug-likeness (QED) is 0.797. The van der Waals surface area contributed by atoms with Gasteiger partial charge in [0.25, 0.3) is 5.91 Å². The molecular formula is C16H17ClN2O3. The van der Waals surface area contributed by atoms with Gasteiger partial charge < -0.3 is 14.8 Å². The zero-order valence-corrected chi connectivity index (χ0v) is 13.0. The summed E-state index contributed by atoms with van der Waals surface area (Å²) in [5.41, 5.74) is 1.35. The van der Waals surface area contributed by atoms with Crippen LogP contribution in [-0.2, 0) is 11.3 Å². The SMILES string of the molecule is COCCOc1cc(C(=O)NCc2ccccc2Cl)ccn1. The van der Waals surface area contributed by atoms with E-state index in [2.05, 4.69) is 10.3 Å². The number of benzene rings is 1. The molecule has 2 rings (SSSR count). The van der Waals surface area contributed by atoms with Crippen molar-refractivity contribution in [3.05, 3.63) is 58.7 Å². The van der Waals surface area contributed by atoms with Crippen molar-refractivity contribution in [2.45, 2.75) is 6.54 Å². The van der Waals surface area contributed by atoms with Gasteiger partial charge in [-0.1, -0.05) is 29.8 Å². The van der Waals surface area contributed by atoms with Crippen molar-refractivity contribution in [2.75, 3.05) is 20.3 Å². The molecule has 116 valence electrons. The summed E-state index contributed by atoms with van der Waals surface area (Å²) in [7, 11) is 1.59. The van der Waals surface area contributed by atoms with Gasteiger partial charge in [-0.25, -0.2) is 4.98 Å². The molecule has 0 aliphatic carbocycles. The van der Waals surface area contributed by atoms with Gasteiger partial charge in [-0.15, -0.1) is 0 Å². The van der Waals surface area contributed by atoms with Crippen LogP contribution in [0, 0.1) is 0 Å². The maximum atomic E-state index is 12.1. The van der Waals surface area contributed by atoms with Gasteiger partial charge in [0.05, 0.1) is 6.61 Å². The van der Waals surface area contributed by atoms with Crippen molar-refractivity contribution in [1.29, 1.82) is 0 Å². The Morgan fingerprint density at radius 2 is 2.09 bits per heavy atom. The van der Waals surface area contributed by atoms with Crippen molar-refractivity contribution in [2.24, 2.45) is 0 Å². The van der Waals surface area contributed by atoms with Gasteiger partial charge in [0.15, 0.2) is 0 Å². The number of carbonyl (C=O) groups excluding carboxylic acids is 1. The Kier molecular flexibility index (Phi) is 6.18. The topological polar surface area (TPSA) is 60.5 Å². The zero-order valence-electron chi connectivity index (χ0n) is 12.2. The van der Waals surface area contributed by atoms with Crippen LogP contribution in [0.15, 0.2) is 42.6 Å². The number of pyridine rings is 1. The van der Waals surface area contributed by atoms with Crippen molar-refractivity contribution < 1.29 is 14.3 Å². The van der Waals surface area contributed by atoms with Crippen LogP contribution in [0.5, 0.6) is 5.88 Å². The molecule has 0 saturated heterocycles. The summed E-state index contributed by atoms with van der Waals surface area (Å²) in [6.45, 7) is 1.21. The summed E-state index contributed by atoms with van der Waals surface area (Å²) in [5.74, 6) is 0.182. The molecule has 0 unspecified atom stereocenters. The Morgan fingerprint density at radius 1 is 1.27 bits per heavy atom. The Labute approximate surface area is 134 Å². The van der Waals surface area contributed by atoms with Crippen molar-refractivity contribution in [3.63, 3.8) is 0 Å². The van der Waals surface area contributed by atoms with Crippen LogP contribution in [0.25, 0.3) is 0 Å². The number of nitrogens with one attached hydrogen (secondary N) is 1. The third-order valence-electron chi connectivity index (χ3n) is 2.93. The summed E-state index contributed by atoms with van der Waals surface area (Å²) in [4.78, 5) is 16.2. The predicted molar refractivity (Wildman–Crippen MR) is 84.2 cm³/mol. The summed E-state index contributed by atoms with van der Waals surface area (Å²) >= 11 is 6.06. The van der Waals surface area contributed by atoms with Crippen molar-refractivity contribution >= 4 is 17.5 Å². The fourth-order valence-corrected chi connectivity index (χ4v) is 1.98. The number of halogens is 1. The lowest BCUT2D eigenvalue weighted by atomic mass is 10.2. The third-order valence-corrected chi connectivity index (χ3v) is 3.30. The van der Waals surface area contributed by atoms with E-state index >= 15 is 0 Å². The number of hydrogen-bond acceptors (Lipinski definition) is 4. The number of rotatable bonds is 7. The molecule has 0 atom stereocenters. The van der Waals surface area contributed by atoms with E-state index in [-0.39, 0.29) is 5.91 Å². The van der Waals surface area contributed by atoms with Gasteiger partial charge in [-0.3, -0.25) is 4.79 Å². The van der Waals surface area contributed by atoms with Gasteiger partial charge in [-0.05, 0) is 17.7 Å². The van der Waals surface area contributed by atoms with Crippen molar-refractivity contribution in [1.82, 2.24) is 10.3 Å². The van der Waals surface area contributed by atoms with E-state index in [1.54, 1.807) is 25.3 Å². The Hall–Kier alpha value is -2.11. The highest BCUT2D eigenvalue weighted by atomic mass is 35.5. The van der Waals surface area contributed by atoms with Crippen LogP contribution in [0.3, 0.4) is 0 Å². The number of aromatic nitrogens is 1. The average Bonchev–Trinajstić information content (AvgIpc) is 2.54. The monoisotopic (exact) mass is 320 g/mol. The number of hydrogen-bond donors (Lipinski definition) is 1. The van der Waals surface area contributed by atoms with E-state index < -0.39 is 0 Å². The molecule has 1 N–H and O–H groups in total. The van der Waals surface area contributed by atoms with Crippen LogP contribution in [0.2, 0.25) is 5.02 Å². The molecule has 1 aromatic heterocycles. The molecule has 2 aromatic rings. The second-order valence-corrected chi connectivity index (χ2v) is 4.91. The molecule has 0 aliphatic heterocycles. The van der Waals surface area contributed by atoms with E-state index in [1.165, 1.54) is 6.20 Å². The molecule has 6 heteroatoms. The minimum absolute atomic E-state index is 0.209. The molecule has 0 aliphatic rings. The van der Waals surface area contributed by atoms with Crippen molar-refractivity contribution in [3.8, 4) is 5.88 Å². The molecular weight excluding hydrogens is 304 g/mol. The Morgan fingerprint density at radius 3 is 2.86 bits per heavy atom. The van der Waals surface area contributed by atoms with Crippen LogP contribution in [0.1, 0.15) is 15.9 Å². The predicted octanol–water partition coefficient (Wildman–Crippen LogP) is 2.69. The third kappa shape index (κ3) is 4.72. The van der Waals surface area contributed by atoms with Gasteiger partial charge in [-0.2, -0.15) is 0 Å². The molecule has 0 bridgehead atoms. The summed E-state index contributed by atoms with van der Waals surface area (Å²) in [6.07, 6.45) is 1.53. The van der Waals surface area contributed by atoms with E-state index in [0.717, 1.165) is 5.56 Å². The van der Waals surface area contributed by atoms with Crippen LogP contribution >= 0.6 is 11.6 Å². The minimum Gasteiger partial charge on any atom is -0.475 e. The largest absolute Gasteiger partial charge is 0.475 e. The fourth-order valence-electron chi connectivity index (χ4n) is 1.78. The highest BCUT2D eigenvalue weighted by Gasteiger charge is 2.08. The maximum Gasteiger partial charge on any atom is 0.251 e. The summed E-state index contributed by atoms with van der Waals surface area (Å²) < 4.78 is 10.3. The van der Waals surface area contributed by atoms with E-state index in [4.69, 9.17) is 21.1 Å². The molecule has 5 nitrogen and oxygen atoms in total. The van der Waals surface area contributed by atoms with E-state index in [1.807, 2.05) is 18.2 Å². The maximum absolute atomic E-state index is 12.1. The molecule has 1 amide bonds. The fraction of sp³-hybridized carbons (Fsp3) is 0.250.